The number of urea groups is 1. The van der Waals surface area contributed by atoms with E-state index in [2.05, 4.69) is 24.5 Å². The number of anilines is 1. The first-order chi connectivity index (χ1) is 10.5. The van der Waals surface area contributed by atoms with Crippen molar-refractivity contribution in [2.24, 2.45) is 11.8 Å². The summed E-state index contributed by atoms with van der Waals surface area (Å²) < 4.78 is 5.71. The lowest BCUT2D eigenvalue weighted by molar-refractivity contribution is 0.0546. The number of carbonyl (C=O) groups excluding carboxylic acids is 2. The molecule has 0 spiro atoms. The van der Waals surface area contributed by atoms with E-state index in [1.165, 1.54) is 6.92 Å². The normalized spacial score (nSPS) is 20.9. The molecule has 0 aliphatic carbocycles. The molecule has 0 radical (unpaired) electrons. The van der Waals surface area contributed by atoms with E-state index in [-0.39, 0.29) is 17.9 Å². The van der Waals surface area contributed by atoms with Crippen LogP contribution in [0.3, 0.4) is 0 Å². The summed E-state index contributed by atoms with van der Waals surface area (Å²) in [6.07, 6.45) is 1.18. The van der Waals surface area contributed by atoms with Crippen molar-refractivity contribution in [1.82, 2.24) is 5.32 Å². The monoisotopic (exact) mass is 304 g/mol. The second-order valence-corrected chi connectivity index (χ2v) is 6.10. The maximum absolute atomic E-state index is 12.0. The highest BCUT2D eigenvalue weighted by atomic mass is 16.5. The Morgan fingerprint density at radius 3 is 2.82 bits per heavy atom. The standard InChI is InChI=1S/C17H24N2O3/c1-11(2)16-14(7-8-22-16)10-18-17(21)19-15-6-4-5-13(9-15)12(3)20/h4-6,9,11,14,16H,7-8,10H2,1-3H3,(H2,18,19,21). The van der Waals surface area contributed by atoms with Crippen LogP contribution in [0.2, 0.25) is 0 Å². The minimum absolute atomic E-state index is 0.0214. The number of amides is 2. The Labute approximate surface area is 131 Å². The van der Waals surface area contributed by atoms with Crippen LogP contribution in [0.5, 0.6) is 0 Å². The fraction of sp³-hybridized carbons (Fsp3) is 0.529. The van der Waals surface area contributed by atoms with E-state index in [0.29, 0.717) is 29.6 Å². The predicted octanol–water partition coefficient (Wildman–Crippen LogP) is 3.07. The number of hydrogen-bond acceptors (Lipinski definition) is 3. The molecule has 0 saturated carbocycles. The zero-order chi connectivity index (χ0) is 16.1. The Balaban J connectivity index is 1.85. The molecule has 1 aromatic carbocycles. The average Bonchev–Trinajstić information content (AvgIpc) is 2.94. The lowest BCUT2D eigenvalue weighted by Gasteiger charge is -2.22. The zero-order valence-corrected chi connectivity index (χ0v) is 13.4. The summed E-state index contributed by atoms with van der Waals surface area (Å²) in [7, 11) is 0. The average molecular weight is 304 g/mol. The van der Waals surface area contributed by atoms with Crippen molar-refractivity contribution in [3.63, 3.8) is 0 Å². The topological polar surface area (TPSA) is 67.4 Å². The van der Waals surface area contributed by atoms with Crippen LogP contribution in [0, 0.1) is 11.8 Å². The third-order valence-corrected chi connectivity index (χ3v) is 3.97. The summed E-state index contributed by atoms with van der Waals surface area (Å²) >= 11 is 0. The Morgan fingerprint density at radius 2 is 2.14 bits per heavy atom. The van der Waals surface area contributed by atoms with Gasteiger partial charge < -0.3 is 15.4 Å². The second kappa shape index (κ2) is 7.40. The molecule has 120 valence electrons. The second-order valence-electron chi connectivity index (χ2n) is 6.10. The van der Waals surface area contributed by atoms with Gasteiger partial charge in [0.05, 0.1) is 6.10 Å². The van der Waals surface area contributed by atoms with Crippen LogP contribution in [-0.4, -0.2) is 31.1 Å². The Hall–Kier alpha value is -1.88. The molecule has 22 heavy (non-hydrogen) atoms. The number of hydrogen-bond donors (Lipinski definition) is 2. The van der Waals surface area contributed by atoms with Gasteiger partial charge in [0.2, 0.25) is 0 Å². The van der Waals surface area contributed by atoms with Crippen molar-refractivity contribution >= 4 is 17.5 Å². The number of benzene rings is 1. The molecule has 2 N–H and O–H groups in total. The molecule has 0 aromatic heterocycles. The number of carbonyl (C=O) groups is 2. The van der Waals surface area contributed by atoms with Crippen LogP contribution in [0.4, 0.5) is 10.5 Å². The van der Waals surface area contributed by atoms with Gasteiger partial charge in [-0.25, -0.2) is 4.79 Å². The van der Waals surface area contributed by atoms with Crippen molar-refractivity contribution in [3.8, 4) is 0 Å². The highest BCUT2D eigenvalue weighted by Gasteiger charge is 2.30. The number of Topliss-reactive ketones (excluding diaryl/α,β-unsaturated/α-hetero) is 1. The minimum Gasteiger partial charge on any atom is -0.378 e. The molecule has 1 aromatic rings. The summed E-state index contributed by atoms with van der Waals surface area (Å²) in [6.45, 7) is 7.14. The summed E-state index contributed by atoms with van der Waals surface area (Å²) in [5, 5.41) is 5.65. The van der Waals surface area contributed by atoms with Gasteiger partial charge in [0.25, 0.3) is 0 Å². The molecule has 2 amide bonds. The van der Waals surface area contributed by atoms with Crippen LogP contribution < -0.4 is 10.6 Å². The highest BCUT2D eigenvalue weighted by Crippen LogP contribution is 2.26. The van der Waals surface area contributed by atoms with Gasteiger partial charge in [-0.15, -0.1) is 0 Å². The van der Waals surface area contributed by atoms with E-state index in [4.69, 9.17) is 4.74 Å². The Bertz CT molecular complexity index is 542. The summed E-state index contributed by atoms with van der Waals surface area (Å²) in [5.41, 5.74) is 1.20. The van der Waals surface area contributed by atoms with Gasteiger partial charge in [0.15, 0.2) is 5.78 Å². The molecular formula is C17H24N2O3. The molecule has 2 rings (SSSR count). The maximum Gasteiger partial charge on any atom is 0.319 e. The van der Waals surface area contributed by atoms with E-state index >= 15 is 0 Å². The third-order valence-electron chi connectivity index (χ3n) is 3.97. The third kappa shape index (κ3) is 4.31. The van der Waals surface area contributed by atoms with Crippen molar-refractivity contribution < 1.29 is 14.3 Å². The van der Waals surface area contributed by atoms with Crippen molar-refractivity contribution in [2.45, 2.75) is 33.3 Å². The van der Waals surface area contributed by atoms with E-state index in [1.54, 1.807) is 24.3 Å². The van der Waals surface area contributed by atoms with E-state index in [0.717, 1.165) is 13.0 Å². The van der Waals surface area contributed by atoms with Gasteiger partial charge in [0.1, 0.15) is 0 Å². The number of nitrogens with one attached hydrogen (secondary N) is 2. The van der Waals surface area contributed by atoms with Gasteiger partial charge in [-0.3, -0.25) is 4.79 Å². The Kier molecular flexibility index (Phi) is 5.55. The van der Waals surface area contributed by atoms with Crippen LogP contribution in [0.25, 0.3) is 0 Å². The van der Waals surface area contributed by atoms with Crippen molar-refractivity contribution in [2.75, 3.05) is 18.5 Å². The first kappa shape index (κ1) is 16.5. The fourth-order valence-electron chi connectivity index (χ4n) is 2.83. The smallest absolute Gasteiger partial charge is 0.319 e. The van der Waals surface area contributed by atoms with Gasteiger partial charge in [-0.2, -0.15) is 0 Å². The van der Waals surface area contributed by atoms with Crippen molar-refractivity contribution in [3.05, 3.63) is 29.8 Å². The molecule has 1 aliphatic rings. The van der Waals surface area contributed by atoms with E-state index < -0.39 is 0 Å². The molecule has 1 saturated heterocycles. The summed E-state index contributed by atoms with van der Waals surface area (Å²) in [6, 6.07) is 6.68. The minimum atomic E-state index is -0.255. The first-order valence-electron chi connectivity index (χ1n) is 7.75. The molecule has 5 heteroatoms. The number of rotatable bonds is 5. The quantitative estimate of drug-likeness (QED) is 0.822. The molecule has 1 heterocycles. The van der Waals surface area contributed by atoms with Crippen molar-refractivity contribution in [1.29, 1.82) is 0 Å². The van der Waals surface area contributed by atoms with E-state index in [9.17, 15) is 9.59 Å². The molecule has 1 fully saturated rings. The fourth-order valence-corrected chi connectivity index (χ4v) is 2.83. The molecule has 0 bridgehead atoms. The number of ketones is 1. The molecule has 2 atom stereocenters. The highest BCUT2D eigenvalue weighted by molar-refractivity contribution is 5.96. The van der Waals surface area contributed by atoms with Gasteiger partial charge in [-0.05, 0) is 31.4 Å². The predicted molar refractivity (Wildman–Crippen MR) is 86.2 cm³/mol. The lowest BCUT2D eigenvalue weighted by atomic mass is 9.93. The first-order valence-corrected chi connectivity index (χ1v) is 7.75. The van der Waals surface area contributed by atoms with Gasteiger partial charge in [0, 0.05) is 30.3 Å². The van der Waals surface area contributed by atoms with Gasteiger partial charge in [-0.1, -0.05) is 26.0 Å². The van der Waals surface area contributed by atoms with Crippen LogP contribution >= 0.6 is 0 Å². The SMILES string of the molecule is CC(=O)c1cccc(NC(=O)NCC2CCOC2C(C)C)c1. The largest absolute Gasteiger partial charge is 0.378 e. The summed E-state index contributed by atoms with van der Waals surface area (Å²) in [5.74, 6) is 0.783. The molecule has 2 unspecified atom stereocenters. The maximum atomic E-state index is 12.0. The zero-order valence-electron chi connectivity index (χ0n) is 13.4. The van der Waals surface area contributed by atoms with Crippen LogP contribution in [-0.2, 0) is 4.74 Å². The van der Waals surface area contributed by atoms with E-state index in [1.807, 2.05) is 0 Å². The number of ether oxygens (including phenoxy) is 1. The lowest BCUT2D eigenvalue weighted by Crippen LogP contribution is -2.37. The molecular weight excluding hydrogens is 280 g/mol. The van der Waals surface area contributed by atoms with Gasteiger partial charge >= 0.3 is 6.03 Å². The molecule has 5 nitrogen and oxygen atoms in total. The van der Waals surface area contributed by atoms with Crippen LogP contribution in [0.15, 0.2) is 24.3 Å². The summed E-state index contributed by atoms with van der Waals surface area (Å²) in [4.78, 5) is 23.3. The molecule has 1 aliphatic heterocycles. The Morgan fingerprint density at radius 1 is 1.36 bits per heavy atom. The van der Waals surface area contributed by atoms with Crippen LogP contribution in [0.1, 0.15) is 37.6 Å².